The average Bonchev–Trinajstić information content (AvgIpc) is 2.66. The molecule has 3 rings (SSSR count). The van der Waals surface area contributed by atoms with Gasteiger partial charge in [-0.15, -0.1) is 0 Å². The molecule has 0 saturated heterocycles. The minimum Gasteiger partial charge on any atom is -0.426 e. The summed E-state index contributed by atoms with van der Waals surface area (Å²) < 4.78 is 5.44. The lowest BCUT2D eigenvalue weighted by Crippen LogP contribution is -2.46. The molecule has 4 nitrogen and oxygen atoms in total. The molecule has 0 aromatic heterocycles. The molecule has 0 amide bonds. The van der Waals surface area contributed by atoms with Gasteiger partial charge in [0, 0.05) is 18.9 Å². The molecule has 0 fully saturated rings. The van der Waals surface area contributed by atoms with Gasteiger partial charge < -0.3 is 10.5 Å². The fourth-order valence-electron chi connectivity index (χ4n) is 3.32. The standard InChI is InChI=1S/C22H21NO3/c1-3-20(25)22(23,17-10-5-4-6-11-17)21-18-12-8-7-9-16(18)13-14-19(21)26-15(2)24/h4-14H,3,23H2,1-2H3. The maximum Gasteiger partial charge on any atom is 0.308 e. The van der Waals surface area contributed by atoms with Crippen LogP contribution >= 0.6 is 0 Å². The zero-order chi connectivity index (χ0) is 18.7. The van der Waals surface area contributed by atoms with Gasteiger partial charge in [-0.05, 0) is 22.4 Å². The number of carbonyl (C=O) groups excluding carboxylic acids is 2. The molecule has 3 aromatic rings. The van der Waals surface area contributed by atoms with E-state index in [1.54, 1.807) is 13.0 Å². The predicted octanol–water partition coefficient (Wildman–Crippen LogP) is 3.95. The van der Waals surface area contributed by atoms with Crippen LogP contribution in [0.15, 0.2) is 66.7 Å². The largest absolute Gasteiger partial charge is 0.426 e. The van der Waals surface area contributed by atoms with E-state index in [0.29, 0.717) is 16.9 Å². The van der Waals surface area contributed by atoms with Gasteiger partial charge in [0.05, 0.1) is 0 Å². The molecule has 26 heavy (non-hydrogen) atoms. The van der Waals surface area contributed by atoms with E-state index in [-0.39, 0.29) is 12.2 Å². The second-order valence-electron chi connectivity index (χ2n) is 6.20. The molecule has 0 heterocycles. The Morgan fingerprint density at radius 2 is 1.62 bits per heavy atom. The van der Waals surface area contributed by atoms with E-state index in [4.69, 9.17) is 10.5 Å². The molecular weight excluding hydrogens is 326 g/mol. The van der Waals surface area contributed by atoms with Gasteiger partial charge in [-0.1, -0.05) is 67.6 Å². The number of esters is 1. The number of ether oxygens (including phenoxy) is 1. The van der Waals surface area contributed by atoms with E-state index < -0.39 is 11.5 Å². The zero-order valence-corrected chi connectivity index (χ0v) is 14.9. The van der Waals surface area contributed by atoms with Crippen LogP contribution in [0.3, 0.4) is 0 Å². The van der Waals surface area contributed by atoms with E-state index in [0.717, 1.165) is 10.8 Å². The molecule has 0 aliphatic carbocycles. The molecule has 0 spiro atoms. The van der Waals surface area contributed by atoms with Gasteiger partial charge in [0.25, 0.3) is 0 Å². The molecule has 0 bridgehead atoms. The van der Waals surface area contributed by atoms with Crippen LogP contribution in [0.5, 0.6) is 5.75 Å². The van der Waals surface area contributed by atoms with E-state index in [1.165, 1.54) is 6.92 Å². The van der Waals surface area contributed by atoms with Gasteiger partial charge in [0.2, 0.25) is 0 Å². The van der Waals surface area contributed by atoms with E-state index >= 15 is 0 Å². The van der Waals surface area contributed by atoms with Crippen molar-refractivity contribution in [1.29, 1.82) is 0 Å². The number of hydrogen-bond donors (Lipinski definition) is 1. The number of fused-ring (bicyclic) bond motifs is 1. The van der Waals surface area contributed by atoms with Crippen molar-refractivity contribution in [3.8, 4) is 5.75 Å². The van der Waals surface area contributed by atoms with E-state index in [2.05, 4.69) is 0 Å². The number of carbonyl (C=O) groups is 2. The average molecular weight is 347 g/mol. The zero-order valence-electron chi connectivity index (χ0n) is 14.9. The van der Waals surface area contributed by atoms with Crippen LogP contribution in [0.1, 0.15) is 31.4 Å². The lowest BCUT2D eigenvalue weighted by atomic mass is 9.77. The summed E-state index contributed by atoms with van der Waals surface area (Å²) in [7, 11) is 0. The Morgan fingerprint density at radius 3 is 2.27 bits per heavy atom. The van der Waals surface area contributed by atoms with Crippen molar-refractivity contribution >= 4 is 22.5 Å². The van der Waals surface area contributed by atoms with Crippen LogP contribution < -0.4 is 10.5 Å². The van der Waals surface area contributed by atoms with Crippen LogP contribution in [-0.2, 0) is 15.1 Å². The highest BCUT2D eigenvalue weighted by atomic mass is 16.5. The molecule has 0 aliphatic heterocycles. The number of benzene rings is 3. The highest BCUT2D eigenvalue weighted by Gasteiger charge is 2.40. The molecule has 132 valence electrons. The Kier molecular flexibility index (Phi) is 4.87. The van der Waals surface area contributed by atoms with Crippen molar-refractivity contribution in [2.75, 3.05) is 0 Å². The molecule has 1 atom stereocenters. The molecule has 3 aromatic carbocycles. The maximum absolute atomic E-state index is 13.1. The van der Waals surface area contributed by atoms with Crippen LogP contribution in [0, 0.1) is 0 Å². The Bertz CT molecular complexity index is 966. The quantitative estimate of drug-likeness (QED) is 0.560. The smallest absolute Gasteiger partial charge is 0.308 e. The summed E-state index contributed by atoms with van der Waals surface area (Å²) in [6, 6.07) is 20.4. The normalized spacial score (nSPS) is 13.2. The Labute approximate surface area is 152 Å². The fraction of sp³-hybridized carbons (Fsp3) is 0.182. The van der Waals surface area contributed by atoms with Crippen LogP contribution in [0.25, 0.3) is 10.8 Å². The summed E-state index contributed by atoms with van der Waals surface area (Å²) in [5, 5.41) is 1.72. The van der Waals surface area contributed by atoms with Crippen molar-refractivity contribution < 1.29 is 14.3 Å². The third-order valence-corrected chi connectivity index (χ3v) is 4.53. The molecule has 4 heteroatoms. The van der Waals surface area contributed by atoms with Crippen molar-refractivity contribution in [3.63, 3.8) is 0 Å². The van der Waals surface area contributed by atoms with Crippen LogP contribution in [-0.4, -0.2) is 11.8 Å². The Morgan fingerprint density at radius 1 is 0.962 bits per heavy atom. The summed E-state index contributed by atoms with van der Waals surface area (Å²) in [5.74, 6) is -0.293. The van der Waals surface area contributed by atoms with Gasteiger partial charge in [0.15, 0.2) is 5.78 Å². The molecule has 0 aliphatic rings. The van der Waals surface area contributed by atoms with Gasteiger partial charge in [0.1, 0.15) is 11.3 Å². The SMILES string of the molecule is CCC(=O)C(N)(c1ccccc1)c1c(OC(C)=O)ccc2ccccc12. The van der Waals surface area contributed by atoms with E-state index in [9.17, 15) is 9.59 Å². The minimum atomic E-state index is -1.42. The van der Waals surface area contributed by atoms with Gasteiger partial charge in [-0.3, -0.25) is 9.59 Å². The molecule has 2 N–H and O–H groups in total. The molecule has 1 unspecified atom stereocenters. The van der Waals surface area contributed by atoms with E-state index in [1.807, 2.05) is 60.7 Å². The summed E-state index contributed by atoms with van der Waals surface area (Å²) in [6.07, 6.45) is 0.258. The summed E-state index contributed by atoms with van der Waals surface area (Å²) in [4.78, 5) is 24.7. The monoisotopic (exact) mass is 347 g/mol. The Balaban J connectivity index is 2.41. The third kappa shape index (κ3) is 3.00. The second kappa shape index (κ2) is 7.10. The highest BCUT2D eigenvalue weighted by Crippen LogP contribution is 2.40. The highest BCUT2D eigenvalue weighted by molar-refractivity contribution is 6.00. The lowest BCUT2D eigenvalue weighted by molar-refractivity contribution is -0.132. The summed E-state index contributed by atoms with van der Waals surface area (Å²) >= 11 is 0. The summed E-state index contributed by atoms with van der Waals surface area (Å²) in [6.45, 7) is 3.12. The molecular formula is C22H21NO3. The van der Waals surface area contributed by atoms with Crippen molar-refractivity contribution in [1.82, 2.24) is 0 Å². The molecule has 0 radical (unpaired) electrons. The van der Waals surface area contributed by atoms with Crippen molar-refractivity contribution in [2.45, 2.75) is 25.8 Å². The summed E-state index contributed by atoms with van der Waals surface area (Å²) in [5.41, 5.74) is 6.56. The van der Waals surface area contributed by atoms with Gasteiger partial charge in [-0.2, -0.15) is 0 Å². The predicted molar refractivity (Wildman–Crippen MR) is 102 cm³/mol. The number of nitrogens with two attached hydrogens (primary N) is 1. The minimum absolute atomic E-state index is 0.145. The number of rotatable bonds is 5. The number of ketones is 1. The first-order chi connectivity index (χ1) is 12.5. The third-order valence-electron chi connectivity index (χ3n) is 4.53. The second-order valence-corrected chi connectivity index (χ2v) is 6.20. The van der Waals surface area contributed by atoms with Crippen molar-refractivity contribution in [3.05, 3.63) is 77.9 Å². The van der Waals surface area contributed by atoms with Crippen molar-refractivity contribution in [2.24, 2.45) is 5.73 Å². The fourth-order valence-corrected chi connectivity index (χ4v) is 3.32. The topological polar surface area (TPSA) is 69.4 Å². The number of Topliss-reactive ketones (excluding diaryl/α,β-unsaturated/α-hetero) is 1. The van der Waals surface area contributed by atoms with Gasteiger partial charge >= 0.3 is 5.97 Å². The van der Waals surface area contributed by atoms with Crippen LogP contribution in [0.4, 0.5) is 0 Å². The number of hydrogen-bond acceptors (Lipinski definition) is 4. The first-order valence-electron chi connectivity index (χ1n) is 8.56. The maximum atomic E-state index is 13.1. The Hall–Kier alpha value is -2.98. The lowest BCUT2D eigenvalue weighted by Gasteiger charge is -2.31. The molecule has 0 saturated carbocycles. The first-order valence-corrected chi connectivity index (χ1v) is 8.56. The van der Waals surface area contributed by atoms with Crippen LogP contribution in [0.2, 0.25) is 0 Å². The first kappa shape index (κ1) is 17.8. The van der Waals surface area contributed by atoms with Gasteiger partial charge in [-0.25, -0.2) is 0 Å².